The molecule has 0 bridgehead atoms. The summed E-state index contributed by atoms with van der Waals surface area (Å²) in [4.78, 5) is 34.8. The Morgan fingerprint density at radius 1 is 1.14 bits per heavy atom. The second kappa shape index (κ2) is 8.98. The number of methoxy groups -OCH3 is 1. The van der Waals surface area contributed by atoms with E-state index in [0.29, 0.717) is 16.9 Å². The van der Waals surface area contributed by atoms with Gasteiger partial charge in [0, 0.05) is 11.6 Å². The number of amides is 1. The molecule has 148 valence electrons. The zero-order chi connectivity index (χ0) is 20.8. The number of rotatable bonds is 7. The molecule has 0 heterocycles. The van der Waals surface area contributed by atoms with Crippen LogP contribution in [0.15, 0.2) is 30.3 Å². The largest absolute Gasteiger partial charge is 0.496 e. The lowest BCUT2D eigenvalue weighted by atomic mass is 10.1. The van der Waals surface area contributed by atoms with Crippen LogP contribution >= 0.6 is 0 Å². The van der Waals surface area contributed by atoms with Crippen molar-refractivity contribution < 1.29 is 24.0 Å². The van der Waals surface area contributed by atoms with Crippen molar-refractivity contribution >= 4 is 23.3 Å². The number of aryl methyl sites for hydroxylation is 2. The average molecular weight is 386 g/mol. The number of hydrogen-bond acceptors (Lipinski definition) is 6. The van der Waals surface area contributed by atoms with Crippen LogP contribution in [-0.2, 0) is 20.7 Å². The topological polar surface area (TPSA) is 108 Å². The highest BCUT2D eigenvalue weighted by Crippen LogP contribution is 2.30. The summed E-state index contributed by atoms with van der Waals surface area (Å²) in [5, 5.41) is 13.7. The van der Waals surface area contributed by atoms with Crippen LogP contribution in [0, 0.1) is 30.9 Å². The summed E-state index contributed by atoms with van der Waals surface area (Å²) >= 11 is 0. The number of nitrogens with zero attached hydrogens (tertiary/aromatic N) is 1. The van der Waals surface area contributed by atoms with Crippen LogP contribution in [0.1, 0.15) is 22.3 Å². The van der Waals surface area contributed by atoms with Gasteiger partial charge in [-0.15, -0.1) is 0 Å². The summed E-state index contributed by atoms with van der Waals surface area (Å²) in [5.41, 5.74) is 2.88. The van der Waals surface area contributed by atoms with E-state index in [2.05, 4.69) is 5.32 Å². The number of ether oxygens (including phenoxy) is 2. The van der Waals surface area contributed by atoms with E-state index < -0.39 is 23.4 Å². The van der Waals surface area contributed by atoms with Crippen LogP contribution in [0.5, 0.6) is 5.75 Å². The van der Waals surface area contributed by atoms with Crippen molar-refractivity contribution in [1.82, 2.24) is 0 Å². The first-order valence-electron chi connectivity index (χ1n) is 8.56. The summed E-state index contributed by atoms with van der Waals surface area (Å²) in [6, 6.07) is 8.36. The number of benzene rings is 2. The Kier molecular flexibility index (Phi) is 6.70. The molecule has 0 aliphatic heterocycles. The van der Waals surface area contributed by atoms with Crippen molar-refractivity contribution in [3.8, 4) is 5.75 Å². The fourth-order valence-corrected chi connectivity index (χ4v) is 2.69. The van der Waals surface area contributed by atoms with Crippen molar-refractivity contribution in [2.75, 3.05) is 19.0 Å². The maximum Gasteiger partial charge on any atom is 0.310 e. The van der Waals surface area contributed by atoms with Gasteiger partial charge in [0.2, 0.25) is 0 Å². The van der Waals surface area contributed by atoms with E-state index in [1.54, 1.807) is 32.0 Å². The van der Waals surface area contributed by atoms with Crippen LogP contribution in [0.3, 0.4) is 0 Å². The molecule has 0 radical (unpaired) electrons. The average Bonchev–Trinajstić information content (AvgIpc) is 2.64. The second-order valence-electron chi connectivity index (χ2n) is 6.36. The number of nitrogens with one attached hydrogen (secondary N) is 1. The van der Waals surface area contributed by atoms with Crippen molar-refractivity contribution in [3.63, 3.8) is 0 Å². The first kappa shape index (κ1) is 20.9. The quantitative estimate of drug-likeness (QED) is 0.445. The molecule has 8 nitrogen and oxygen atoms in total. The molecule has 0 fully saturated rings. The molecule has 0 saturated carbocycles. The lowest BCUT2D eigenvalue weighted by Gasteiger charge is -2.12. The van der Waals surface area contributed by atoms with Gasteiger partial charge < -0.3 is 14.8 Å². The lowest BCUT2D eigenvalue weighted by molar-refractivity contribution is -0.384. The van der Waals surface area contributed by atoms with Crippen molar-refractivity contribution in [2.45, 2.75) is 27.2 Å². The number of hydrogen-bond donors (Lipinski definition) is 1. The Balaban J connectivity index is 2.02. The standard InChI is InChI=1S/C20H22N2O6/c1-12-5-8-17(27-4)15(9-12)10-19(24)28-11-18(23)21-20-14(3)13(2)6-7-16(20)22(25)26/h5-9H,10-11H2,1-4H3,(H,21,23). The van der Waals surface area contributed by atoms with E-state index in [0.717, 1.165) is 11.1 Å². The van der Waals surface area contributed by atoms with E-state index >= 15 is 0 Å². The maximum atomic E-state index is 12.1. The molecule has 0 unspecified atom stereocenters. The van der Waals surface area contributed by atoms with Gasteiger partial charge in [-0.2, -0.15) is 0 Å². The van der Waals surface area contributed by atoms with E-state index in [1.165, 1.54) is 13.2 Å². The number of carbonyl (C=O) groups is 2. The molecule has 0 saturated heterocycles. The highest BCUT2D eigenvalue weighted by molar-refractivity contribution is 5.96. The minimum absolute atomic E-state index is 0.0538. The smallest absolute Gasteiger partial charge is 0.310 e. The van der Waals surface area contributed by atoms with Crippen LogP contribution in [0.4, 0.5) is 11.4 Å². The zero-order valence-corrected chi connectivity index (χ0v) is 16.2. The summed E-state index contributed by atoms with van der Waals surface area (Å²) in [5.74, 6) is -0.700. The second-order valence-corrected chi connectivity index (χ2v) is 6.36. The molecule has 0 aromatic heterocycles. The van der Waals surface area contributed by atoms with Gasteiger partial charge in [-0.1, -0.05) is 23.8 Å². The highest BCUT2D eigenvalue weighted by atomic mass is 16.6. The van der Waals surface area contributed by atoms with E-state index in [9.17, 15) is 19.7 Å². The Bertz CT molecular complexity index is 923. The fourth-order valence-electron chi connectivity index (χ4n) is 2.69. The Morgan fingerprint density at radius 2 is 1.86 bits per heavy atom. The first-order valence-corrected chi connectivity index (χ1v) is 8.56. The predicted octanol–water partition coefficient (Wildman–Crippen LogP) is 3.25. The van der Waals surface area contributed by atoms with Gasteiger partial charge in [-0.25, -0.2) is 0 Å². The summed E-state index contributed by atoms with van der Waals surface area (Å²) in [6.07, 6.45) is -0.0538. The molecule has 0 spiro atoms. The third-order valence-corrected chi connectivity index (χ3v) is 4.31. The van der Waals surface area contributed by atoms with Crippen molar-refractivity contribution in [1.29, 1.82) is 0 Å². The van der Waals surface area contributed by atoms with Crippen molar-refractivity contribution in [3.05, 3.63) is 62.7 Å². The molecular formula is C20H22N2O6. The molecule has 8 heteroatoms. The van der Waals surface area contributed by atoms with Crippen molar-refractivity contribution in [2.24, 2.45) is 0 Å². The van der Waals surface area contributed by atoms with Gasteiger partial charge in [0.15, 0.2) is 6.61 Å². The molecule has 1 amide bonds. The summed E-state index contributed by atoms with van der Waals surface area (Å²) in [6.45, 7) is 4.80. The fraction of sp³-hybridized carbons (Fsp3) is 0.300. The molecule has 0 aliphatic rings. The van der Waals surface area contributed by atoms with E-state index in [-0.39, 0.29) is 17.8 Å². The van der Waals surface area contributed by atoms with Gasteiger partial charge in [0.1, 0.15) is 11.4 Å². The normalized spacial score (nSPS) is 10.3. The minimum Gasteiger partial charge on any atom is -0.496 e. The van der Waals surface area contributed by atoms with E-state index in [4.69, 9.17) is 9.47 Å². The van der Waals surface area contributed by atoms with Crippen LogP contribution in [-0.4, -0.2) is 30.5 Å². The molecule has 2 aromatic carbocycles. The molecule has 1 N–H and O–H groups in total. The minimum atomic E-state index is -0.652. The predicted molar refractivity (Wildman–Crippen MR) is 104 cm³/mol. The molecular weight excluding hydrogens is 364 g/mol. The third kappa shape index (κ3) is 5.06. The number of anilines is 1. The highest BCUT2D eigenvalue weighted by Gasteiger charge is 2.20. The van der Waals surface area contributed by atoms with Gasteiger partial charge in [-0.3, -0.25) is 19.7 Å². The molecule has 0 atom stereocenters. The summed E-state index contributed by atoms with van der Waals surface area (Å²) in [7, 11) is 1.50. The SMILES string of the molecule is COc1ccc(C)cc1CC(=O)OCC(=O)Nc1c([N+](=O)[O-])ccc(C)c1C. The molecule has 2 rings (SSSR count). The third-order valence-electron chi connectivity index (χ3n) is 4.31. The van der Waals surface area contributed by atoms with E-state index in [1.807, 2.05) is 13.0 Å². The van der Waals surface area contributed by atoms with Crippen LogP contribution in [0.25, 0.3) is 0 Å². The monoisotopic (exact) mass is 386 g/mol. The molecule has 28 heavy (non-hydrogen) atoms. The number of carbonyl (C=O) groups excluding carboxylic acids is 2. The lowest BCUT2D eigenvalue weighted by Crippen LogP contribution is -2.22. The Morgan fingerprint density at radius 3 is 2.50 bits per heavy atom. The van der Waals surface area contributed by atoms with Gasteiger partial charge >= 0.3 is 5.97 Å². The van der Waals surface area contributed by atoms with Gasteiger partial charge in [0.25, 0.3) is 11.6 Å². The van der Waals surface area contributed by atoms with Gasteiger partial charge in [0.05, 0.1) is 18.5 Å². The number of nitro groups is 1. The Hall–Kier alpha value is -3.42. The molecule has 0 aliphatic carbocycles. The van der Waals surface area contributed by atoms with Crippen LogP contribution < -0.4 is 10.1 Å². The molecule has 2 aromatic rings. The number of nitro benzene ring substituents is 1. The number of esters is 1. The zero-order valence-electron chi connectivity index (χ0n) is 16.2. The summed E-state index contributed by atoms with van der Waals surface area (Å²) < 4.78 is 10.2. The maximum absolute atomic E-state index is 12.1. The van der Waals surface area contributed by atoms with Crippen LogP contribution in [0.2, 0.25) is 0 Å². The first-order chi connectivity index (χ1) is 13.2. The van der Waals surface area contributed by atoms with Gasteiger partial charge in [-0.05, 0) is 38.0 Å². The Labute approximate surface area is 162 Å².